The van der Waals surface area contributed by atoms with E-state index in [1.54, 1.807) is 12.1 Å². The van der Waals surface area contributed by atoms with Crippen molar-refractivity contribution in [2.75, 3.05) is 13.7 Å². The lowest BCUT2D eigenvalue weighted by Crippen LogP contribution is -2.37. The van der Waals surface area contributed by atoms with Crippen LogP contribution in [0, 0.1) is 0 Å². The fourth-order valence-electron chi connectivity index (χ4n) is 3.89. The Morgan fingerprint density at radius 3 is 2.56 bits per heavy atom. The van der Waals surface area contributed by atoms with Gasteiger partial charge in [0.1, 0.15) is 5.75 Å². The molecule has 0 unspecified atom stereocenters. The number of allylic oxidation sites excluding steroid dienone is 1. The summed E-state index contributed by atoms with van der Waals surface area (Å²) in [6.07, 6.45) is 6.15. The Hall–Kier alpha value is -2.68. The summed E-state index contributed by atoms with van der Waals surface area (Å²) in [6.45, 7) is 1.31. The minimum absolute atomic E-state index is 0.0728. The highest BCUT2D eigenvalue weighted by molar-refractivity contribution is 7.89. The van der Waals surface area contributed by atoms with Crippen molar-refractivity contribution in [1.82, 2.24) is 9.62 Å². The predicted molar refractivity (Wildman–Crippen MR) is 123 cm³/mol. The topological polar surface area (TPSA) is 95.9 Å². The van der Waals surface area contributed by atoms with Crippen LogP contribution in [-0.2, 0) is 21.4 Å². The predicted octanol–water partition coefficient (Wildman–Crippen LogP) is 3.43. The number of methoxy groups -OCH3 is 1. The summed E-state index contributed by atoms with van der Waals surface area (Å²) in [5.74, 6) is -0.190. The molecule has 0 saturated carbocycles. The van der Waals surface area contributed by atoms with Gasteiger partial charge >= 0.3 is 5.97 Å². The number of carboxylic acids is 1. The van der Waals surface area contributed by atoms with Gasteiger partial charge in [-0.1, -0.05) is 42.5 Å². The molecule has 7 nitrogen and oxygen atoms in total. The molecule has 1 aliphatic rings. The molecule has 8 heteroatoms. The van der Waals surface area contributed by atoms with E-state index < -0.39 is 16.0 Å². The quantitative estimate of drug-likeness (QED) is 0.396. The fourth-order valence-corrected chi connectivity index (χ4v) is 5.13. The molecule has 0 aromatic heterocycles. The minimum Gasteiger partial charge on any atom is -0.497 e. The number of carboxylic acid groups (broad SMARTS) is 1. The maximum absolute atomic E-state index is 12.9. The molecule has 0 bridgehead atoms. The van der Waals surface area contributed by atoms with Crippen LogP contribution < -0.4 is 9.46 Å². The van der Waals surface area contributed by atoms with E-state index in [1.807, 2.05) is 24.3 Å². The number of unbranched alkanes of at least 4 members (excludes halogenated alkanes) is 1. The van der Waals surface area contributed by atoms with Crippen LogP contribution in [0.25, 0.3) is 0 Å². The van der Waals surface area contributed by atoms with Crippen molar-refractivity contribution in [3.05, 3.63) is 72.3 Å². The standard InChI is InChI=1S/C24H30N2O5S/c1-31-22-12-14-23(15-13-22)32(29,30)25-20-16-21(10-6-3-7-11-24(27)28)26(18-20)17-19-8-4-2-5-9-19/h2,4-6,8-10,12-15,20-21,25H,3,7,11,16-18H2,1H3,(H,27,28)/t20-,21-/m1/s1. The second kappa shape index (κ2) is 11.3. The summed E-state index contributed by atoms with van der Waals surface area (Å²) in [4.78, 5) is 13.2. The zero-order valence-corrected chi connectivity index (χ0v) is 19.0. The Balaban J connectivity index is 1.68. The van der Waals surface area contributed by atoms with E-state index in [2.05, 4.69) is 27.8 Å². The zero-order chi connectivity index (χ0) is 23.0. The van der Waals surface area contributed by atoms with Gasteiger partial charge in [0.2, 0.25) is 10.0 Å². The Kier molecular flexibility index (Phi) is 8.44. The molecule has 0 amide bonds. The van der Waals surface area contributed by atoms with Crippen LogP contribution in [0.15, 0.2) is 71.6 Å². The van der Waals surface area contributed by atoms with Gasteiger partial charge in [-0.15, -0.1) is 0 Å². The number of aliphatic carboxylic acids is 1. The third kappa shape index (κ3) is 6.91. The first-order chi connectivity index (χ1) is 15.4. The van der Waals surface area contributed by atoms with Crippen molar-refractivity contribution in [3.63, 3.8) is 0 Å². The van der Waals surface area contributed by atoms with Crippen molar-refractivity contribution in [1.29, 1.82) is 0 Å². The number of hydrogen-bond donors (Lipinski definition) is 2. The number of benzene rings is 2. The highest BCUT2D eigenvalue weighted by atomic mass is 32.2. The number of hydrogen-bond acceptors (Lipinski definition) is 5. The largest absolute Gasteiger partial charge is 0.497 e. The van der Waals surface area contributed by atoms with Gasteiger partial charge < -0.3 is 9.84 Å². The van der Waals surface area contributed by atoms with E-state index in [4.69, 9.17) is 9.84 Å². The molecule has 32 heavy (non-hydrogen) atoms. The second-order valence-corrected chi connectivity index (χ2v) is 9.64. The first kappa shape index (κ1) is 24.0. The Labute approximate surface area is 189 Å². The Morgan fingerprint density at radius 1 is 1.19 bits per heavy atom. The average Bonchev–Trinajstić information content (AvgIpc) is 3.14. The summed E-state index contributed by atoms with van der Waals surface area (Å²) >= 11 is 0. The van der Waals surface area contributed by atoms with E-state index in [9.17, 15) is 13.2 Å². The van der Waals surface area contributed by atoms with Gasteiger partial charge in [-0.25, -0.2) is 13.1 Å². The molecule has 0 radical (unpaired) electrons. The monoisotopic (exact) mass is 458 g/mol. The lowest BCUT2D eigenvalue weighted by atomic mass is 10.1. The molecule has 0 spiro atoms. The molecule has 172 valence electrons. The summed E-state index contributed by atoms with van der Waals surface area (Å²) in [7, 11) is -2.11. The number of carbonyl (C=O) groups is 1. The molecule has 2 atom stereocenters. The molecule has 3 rings (SSSR count). The molecular weight excluding hydrogens is 428 g/mol. The van der Waals surface area contributed by atoms with E-state index in [0.29, 0.717) is 38.1 Å². The highest BCUT2D eigenvalue weighted by Crippen LogP contribution is 2.24. The summed E-state index contributed by atoms with van der Waals surface area (Å²) in [6, 6.07) is 16.3. The fraction of sp³-hybridized carbons (Fsp3) is 0.375. The van der Waals surface area contributed by atoms with E-state index in [-0.39, 0.29) is 23.4 Å². The lowest BCUT2D eigenvalue weighted by molar-refractivity contribution is -0.137. The van der Waals surface area contributed by atoms with Gasteiger partial charge in [0.25, 0.3) is 0 Å². The van der Waals surface area contributed by atoms with Crippen LogP contribution in [0.3, 0.4) is 0 Å². The first-order valence-corrected chi connectivity index (χ1v) is 12.2. The number of nitrogens with zero attached hydrogens (tertiary/aromatic N) is 1. The van der Waals surface area contributed by atoms with Gasteiger partial charge in [-0.3, -0.25) is 9.69 Å². The molecule has 2 aromatic carbocycles. The van der Waals surface area contributed by atoms with Crippen LogP contribution in [-0.4, -0.2) is 50.1 Å². The second-order valence-electron chi connectivity index (χ2n) is 7.93. The molecule has 1 heterocycles. The maximum atomic E-state index is 12.9. The van der Waals surface area contributed by atoms with Crippen molar-refractivity contribution in [3.8, 4) is 5.75 Å². The average molecular weight is 459 g/mol. The molecule has 2 N–H and O–H groups in total. The van der Waals surface area contributed by atoms with Gasteiger partial charge in [-0.05, 0) is 49.1 Å². The molecule has 0 aliphatic carbocycles. The van der Waals surface area contributed by atoms with Gasteiger partial charge in [0.15, 0.2) is 0 Å². The van der Waals surface area contributed by atoms with Crippen molar-refractivity contribution in [2.45, 2.75) is 49.2 Å². The molecule has 1 aliphatic heterocycles. The number of sulfonamides is 1. The van der Waals surface area contributed by atoms with E-state index in [1.165, 1.54) is 19.2 Å². The molecule has 2 aromatic rings. The Bertz CT molecular complexity index is 1010. The van der Waals surface area contributed by atoms with E-state index in [0.717, 1.165) is 5.56 Å². The highest BCUT2D eigenvalue weighted by Gasteiger charge is 2.33. The van der Waals surface area contributed by atoms with Crippen molar-refractivity contribution < 1.29 is 23.1 Å². The molecule has 1 saturated heterocycles. The van der Waals surface area contributed by atoms with Crippen molar-refractivity contribution in [2.24, 2.45) is 0 Å². The lowest BCUT2D eigenvalue weighted by Gasteiger charge is -2.22. The third-order valence-corrected chi connectivity index (χ3v) is 7.03. The maximum Gasteiger partial charge on any atom is 0.303 e. The summed E-state index contributed by atoms with van der Waals surface area (Å²) in [5.41, 5.74) is 1.16. The Morgan fingerprint density at radius 2 is 1.91 bits per heavy atom. The number of rotatable bonds is 11. The summed E-state index contributed by atoms with van der Waals surface area (Å²) < 4.78 is 33.7. The van der Waals surface area contributed by atoms with Crippen LogP contribution in [0.1, 0.15) is 31.2 Å². The zero-order valence-electron chi connectivity index (χ0n) is 18.2. The van der Waals surface area contributed by atoms with Gasteiger partial charge in [-0.2, -0.15) is 0 Å². The SMILES string of the molecule is COc1ccc(S(=O)(=O)N[C@@H]2C[C@@H](C=CCCCC(=O)O)N(Cc3ccccc3)C2)cc1. The van der Waals surface area contributed by atoms with Crippen molar-refractivity contribution >= 4 is 16.0 Å². The first-order valence-electron chi connectivity index (χ1n) is 10.7. The van der Waals surface area contributed by atoms with Crippen LogP contribution in [0.2, 0.25) is 0 Å². The van der Waals surface area contributed by atoms with Gasteiger partial charge in [0, 0.05) is 31.6 Å². The summed E-state index contributed by atoms with van der Waals surface area (Å²) in [5, 5.41) is 8.79. The normalized spacial score (nSPS) is 19.4. The van der Waals surface area contributed by atoms with Gasteiger partial charge in [0.05, 0.1) is 12.0 Å². The number of ether oxygens (including phenoxy) is 1. The smallest absolute Gasteiger partial charge is 0.303 e. The van der Waals surface area contributed by atoms with E-state index >= 15 is 0 Å². The molecular formula is C24H30N2O5S. The van der Waals surface area contributed by atoms with Crippen LogP contribution in [0.4, 0.5) is 0 Å². The number of likely N-dealkylation sites (tertiary alicyclic amines) is 1. The third-order valence-electron chi connectivity index (χ3n) is 5.49. The molecule has 1 fully saturated rings. The van der Waals surface area contributed by atoms with Crippen LogP contribution in [0.5, 0.6) is 5.75 Å². The van der Waals surface area contributed by atoms with Crippen LogP contribution >= 0.6 is 0 Å². The minimum atomic E-state index is -3.65. The number of nitrogens with one attached hydrogen (secondary N) is 1.